The van der Waals surface area contributed by atoms with Crippen LogP contribution in [0.2, 0.25) is 0 Å². The summed E-state index contributed by atoms with van der Waals surface area (Å²) in [6.07, 6.45) is -1.36. The Morgan fingerprint density at radius 1 is 0.757 bits per heavy atom. The van der Waals surface area contributed by atoms with Crippen molar-refractivity contribution in [2.45, 2.75) is 41.9 Å². The van der Waals surface area contributed by atoms with Crippen molar-refractivity contribution in [1.82, 2.24) is 4.90 Å². The van der Waals surface area contributed by atoms with Gasteiger partial charge in [-0.05, 0) is 23.6 Å². The van der Waals surface area contributed by atoms with Gasteiger partial charge in [-0.1, -0.05) is 135 Å². The molecule has 1 fully saturated rings. The molecule has 0 bridgehead atoms. The first-order chi connectivity index (χ1) is 18.0. The number of hydrogen-bond acceptors (Lipinski definition) is 4. The number of ether oxygens (including phenoxy) is 1. The van der Waals surface area contributed by atoms with E-state index < -0.39 is 23.2 Å². The number of carbonyl (C=O) groups excluding carboxylic acids is 1. The Morgan fingerprint density at radius 3 is 1.70 bits per heavy atom. The average molecular weight is 510 g/mol. The van der Waals surface area contributed by atoms with Gasteiger partial charge in [0.2, 0.25) is 0 Å². The Bertz CT molecular complexity index is 1260. The second kappa shape index (κ2) is 10.8. The molecule has 5 rings (SSSR count). The minimum absolute atomic E-state index is 0.0220. The molecule has 1 heterocycles. The molecule has 4 nitrogen and oxygen atoms in total. The summed E-state index contributed by atoms with van der Waals surface area (Å²) < 4.78 is 6.47. The van der Waals surface area contributed by atoms with Crippen LogP contribution in [0, 0.1) is 5.92 Å². The highest BCUT2D eigenvalue weighted by molar-refractivity contribution is 8.00. The Labute approximate surface area is 222 Å². The van der Waals surface area contributed by atoms with E-state index in [1.54, 1.807) is 4.90 Å². The van der Waals surface area contributed by atoms with Crippen molar-refractivity contribution >= 4 is 17.9 Å². The van der Waals surface area contributed by atoms with Gasteiger partial charge in [0.25, 0.3) is 0 Å². The van der Waals surface area contributed by atoms with Gasteiger partial charge in [0.15, 0.2) is 5.60 Å². The zero-order valence-electron chi connectivity index (χ0n) is 21.0. The lowest BCUT2D eigenvalue weighted by atomic mass is 9.75. The van der Waals surface area contributed by atoms with Crippen LogP contribution in [-0.2, 0) is 10.3 Å². The number of rotatable bonds is 8. The van der Waals surface area contributed by atoms with Crippen LogP contribution in [-0.4, -0.2) is 27.5 Å². The van der Waals surface area contributed by atoms with Crippen molar-refractivity contribution in [3.63, 3.8) is 0 Å². The molecule has 1 aliphatic heterocycles. The molecule has 188 valence electrons. The van der Waals surface area contributed by atoms with Crippen LogP contribution in [0.5, 0.6) is 0 Å². The van der Waals surface area contributed by atoms with E-state index >= 15 is 0 Å². The SMILES string of the molecule is CC(C)[C@@H]1N([C@@H](Sc2ccccc2)[C@@H](O)c2ccccc2)C(=O)OC1(c1ccccc1)c1ccccc1. The Hall–Kier alpha value is -3.54. The van der Waals surface area contributed by atoms with Gasteiger partial charge in [-0.15, -0.1) is 0 Å². The van der Waals surface area contributed by atoms with E-state index in [4.69, 9.17) is 4.74 Å². The zero-order valence-corrected chi connectivity index (χ0v) is 21.8. The number of carbonyl (C=O) groups is 1. The van der Waals surface area contributed by atoms with Gasteiger partial charge in [0.05, 0.1) is 6.04 Å². The van der Waals surface area contributed by atoms with E-state index in [-0.39, 0.29) is 12.0 Å². The number of cyclic esters (lactones) is 1. The van der Waals surface area contributed by atoms with Gasteiger partial charge in [-0.3, -0.25) is 4.90 Å². The standard InChI is InChI=1S/C32H31NO3S/c1-23(2)29-32(25-17-9-4-10-18-25,26-19-11-5-12-20-26)36-31(35)33(29)30(37-27-21-13-6-14-22-27)28(34)24-15-7-3-8-16-24/h3-23,28-30,34H,1-2H3/t28-,29-,30-/m0/s1. The van der Waals surface area contributed by atoms with Gasteiger partial charge < -0.3 is 9.84 Å². The molecule has 4 aromatic rings. The molecule has 1 saturated heterocycles. The van der Waals surface area contributed by atoms with E-state index in [2.05, 4.69) is 13.8 Å². The maximum atomic E-state index is 14.0. The predicted molar refractivity (Wildman–Crippen MR) is 148 cm³/mol. The van der Waals surface area contributed by atoms with Crippen LogP contribution in [0.15, 0.2) is 126 Å². The van der Waals surface area contributed by atoms with E-state index in [1.165, 1.54) is 11.8 Å². The minimum Gasteiger partial charge on any atom is -0.431 e. The van der Waals surface area contributed by atoms with Gasteiger partial charge >= 0.3 is 6.09 Å². The highest BCUT2D eigenvalue weighted by atomic mass is 32.2. The molecular weight excluding hydrogens is 478 g/mol. The summed E-state index contributed by atoms with van der Waals surface area (Å²) in [6.45, 7) is 4.22. The van der Waals surface area contributed by atoms with Crippen LogP contribution in [0.4, 0.5) is 4.79 Å². The number of hydrogen-bond donors (Lipinski definition) is 1. The summed E-state index contributed by atoms with van der Waals surface area (Å²) in [6, 6.07) is 39.0. The van der Waals surface area contributed by atoms with E-state index in [0.717, 1.165) is 21.6 Å². The Kier molecular flexibility index (Phi) is 7.36. The van der Waals surface area contributed by atoms with Crippen LogP contribution in [0.25, 0.3) is 0 Å². The van der Waals surface area contributed by atoms with Gasteiger partial charge in [-0.25, -0.2) is 4.79 Å². The van der Waals surface area contributed by atoms with Crippen LogP contribution < -0.4 is 0 Å². The number of aliphatic hydroxyl groups is 1. The predicted octanol–water partition coefficient (Wildman–Crippen LogP) is 7.26. The molecule has 0 radical (unpaired) electrons. The molecule has 37 heavy (non-hydrogen) atoms. The molecule has 4 aromatic carbocycles. The van der Waals surface area contributed by atoms with Crippen molar-refractivity contribution < 1.29 is 14.6 Å². The summed E-state index contributed by atoms with van der Waals surface area (Å²) in [7, 11) is 0. The quantitative estimate of drug-likeness (QED) is 0.254. The van der Waals surface area contributed by atoms with Crippen molar-refractivity contribution in [1.29, 1.82) is 0 Å². The Balaban J connectivity index is 1.68. The summed E-state index contributed by atoms with van der Waals surface area (Å²) in [5.41, 5.74) is 1.55. The maximum absolute atomic E-state index is 14.0. The van der Waals surface area contributed by atoms with Crippen molar-refractivity contribution in [2.75, 3.05) is 0 Å². The van der Waals surface area contributed by atoms with E-state index in [1.807, 2.05) is 121 Å². The number of thioether (sulfide) groups is 1. The first-order valence-electron chi connectivity index (χ1n) is 12.6. The fourth-order valence-corrected chi connectivity index (χ4v) is 6.55. The highest BCUT2D eigenvalue weighted by Crippen LogP contribution is 2.51. The van der Waals surface area contributed by atoms with Crippen molar-refractivity contribution in [2.24, 2.45) is 5.92 Å². The summed E-state index contributed by atoms with van der Waals surface area (Å²) in [4.78, 5) is 16.7. The molecule has 0 unspecified atom stereocenters. The first kappa shape index (κ1) is 25.1. The Morgan fingerprint density at radius 2 is 1.22 bits per heavy atom. The summed E-state index contributed by atoms with van der Waals surface area (Å²) in [5.74, 6) is 0.0220. The molecule has 3 atom stereocenters. The largest absolute Gasteiger partial charge is 0.431 e. The van der Waals surface area contributed by atoms with Crippen LogP contribution in [0.1, 0.15) is 36.6 Å². The second-order valence-corrected chi connectivity index (χ2v) is 10.8. The number of nitrogens with zero attached hydrogens (tertiary/aromatic N) is 1. The maximum Gasteiger partial charge on any atom is 0.412 e. The van der Waals surface area contributed by atoms with Crippen LogP contribution in [0.3, 0.4) is 0 Å². The third kappa shape index (κ3) is 4.77. The average Bonchev–Trinajstić information content (AvgIpc) is 3.27. The number of aliphatic hydroxyl groups excluding tert-OH is 1. The minimum atomic E-state index is -1.03. The molecule has 0 saturated carbocycles. The lowest BCUT2D eigenvalue weighted by Crippen LogP contribution is -2.51. The smallest absolute Gasteiger partial charge is 0.412 e. The molecule has 1 aliphatic rings. The summed E-state index contributed by atoms with van der Waals surface area (Å²) >= 11 is 1.48. The van der Waals surface area contributed by atoms with Crippen molar-refractivity contribution in [3.8, 4) is 0 Å². The molecule has 0 aliphatic carbocycles. The normalized spacial score (nSPS) is 18.4. The van der Waals surface area contributed by atoms with E-state index in [0.29, 0.717) is 0 Å². The molecule has 5 heteroatoms. The lowest BCUT2D eigenvalue weighted by Gasteiger charge is -2.41. The van der Waals surface area contributed by atoms with Gasteiger partial charge in [0, 0.05) is 16.0 Å². The molecule has 0 aromatic heterocycles. The van der Waals surface area contributed by atoms with Gasteiger partial charge in [0.1, 0.15) is 11.5 Å². The third-order valence-electron chi connectivity index (χ3n) is 6.90. The number of benzene rings is 4. The summed E-state index contributed by atoms with van der Waals surface area (Å²) in [5, 5.41) is 11.1. The van der Waals surface area contributed by atoms with E-state index in [9.17, 15) is 9.90 Å². The van der Waals surface area contributed by atoms with Crippen LogP contribution >= 0.6 is 11.8 Å². The molecular formula is C32H31NO3S. The topological polar surface area (TPSA) is 49.8 Å². The monoisotopic (exact) mass is 509 g/mol. The fraction of sp³-hybridized carbons (Fsp3) is 0.219. The second-order valence-electron chi connectivity index (χ2n) is 9.61. The third-order valence-corrected chi connectivity index (χ3v) is 8.17. The number of amides is 1. The molecule has 0 spiro atoms. The first-order valence-corrected chi connectivity index (χ1v) is 13.5. The lowest BCUT2D eigenvalue weighted by molar-refractivity contribution is 0.0478. The van der Waals surface area contributed by atoms with Gasteiger partial charge in [-0.2, -0.15) is 0 Å². The molecule has 1 N–H and O–H groups in total. The molecule has 1 amide bonds. The highest BCUT2D eigenvalue weighted by Gasteiger charge is 2.59. The van der Waals surface area contributed by atoms with Crippen molar-refractivity contribution in [3.05, 3.63) is 138 Å². The fourth-order valence-electron chi connectivity index (χ4n) is 5.34. The zero-order chi connectivity index (χ0) is 25.8.